The van der Waals surface area contributed by atoms with Gasteiger partial charge in [-0.15, -0.1) is 10.2 Å². The van der Waals surface area contributed by atoms with Crippen LogP contribution in [0.3, 0.4) is 0 Å². The number of rotatable bonds is 4. The van der Waals surface area contributed by atoms with Gasteiger partial charge in [0.25, 0.3) is 0 Å². The van der Waals surface area contributed by atoms with E-state index in [0.29, 0.717) is 15.7 Å². The Balaban J connectivity index is 1.83. The summed E-state index contributed by atoms with van der Waals surface area (Å²) in [4.78, 5) is 11.5. The maximum atomic E-state index is 11.5. The number of nitrogens with one attached hydrogen (secondary N) is 2. The van der Waals surface area contributed by atoms with Gasteiger partial charge in [0.05, 0.1) is 6.10 Å². The van der Waals surface area contributed by atoms with E-state index in [1.54, 1.807) is 24.3 Å². The van der Waals surface area contributed by atoms with Crippen molar-refractivity contribution in [1.29, 1.82) is 0 Å². The first kappa shape index (κ1) is 13.7. The van der Waals surface area contributed by atoms with Crippen molar-refractivity contribution in [1.82, 2.24) is 15.5 Å². The van der Waals surface area contributed by atoms with Gasteiger partial charge < -0.3 is 10.4 Å². The fraction of sp³-hybridized carbons (Fsp3) is 0.182. The number of carbonyl (C=O) groups excluding carboxylic acids is 1. The molecular weight excluding hydrogens is 288 g/mol. The SMILES string of the molecule is O=C(NC[C@@H](O)c1cccc(Cl)c1)Nc1nncs1. The van der Waals surface area contributed by atoms with E-state index in [2.05, 4.69) is 20.8 Å². The number of aromatic nitrogens is 2. The zero-order valence-corrected chi connectivity index (χ0v) is 11.3. The largest absolute Gasteiger partial charge is 0.387 e. The van der Waals surface area contributed by atoms with Gasteiger partial charge in [-0.25, -0.2) is 4.79 Å². The molecule has 0 aliphatic heterocycles. The molecule has 0 aliphatic rings. The Labute approximate surface area is 118 Å². The van der Waals surface area contributed by atoms with Crippen LogP contribution in [0.25, 0.3) is 0 Å². The summed E-state index contributed by atoms with van der Waals surface area (Å²) in [5.41, 5.74) is 2.15. The monoisotopic (exact) mass is 298 g/mol. The first-order valence-electron chi connectivity index (χ1n) is 5.39. The van der Waals surface area contributed by atoms with Gasteiger partial charge in [-0.2, -0.15) is 0 Å². The van der Waals surface area contributed by atoms with Gasteiger partial charge in [-0.3, -0.25) is 5.32 Å². The van der Waals surface area contributed by atoms with Gasteiger partial charge in [-0.1, -0.05) is 35.1 Å². The Hall–Kier alpha value is -1.70. The van der Waals surface area contributed by atoms with Gasteiger partial charge in [0.1, 0.15) is 5.51 Å². The zero-order valence-electron chi connectivity index (χ0n) is 9.71. The number of benzene rings is 1. The smallest absolute Gasteiger partial charge is 0.321 e. The van der Waals surface area contributed by atoms with Gasteiger partial charge in [0, 0.05) is 11.6 Å². The molecule has 0 aliphatic carbocycles. The molecule has 2 amide bonds. The molecule has 100 valence electrons. The number of amides is 2. The number of nitrogens with zero attached hydrogens (tertiary/aromatic N) is 2. The third-order valence-corrected chi connectivity index (χ3v) is 3.11. The van der Waals surface area contributed by atoms with Gasteiger partial charge in [-0.05, 0) is 17.7 Å². The van der Waals surface area contributed by atoms with E-state index in [1.807, 2.05) is 0 Å². The lowest BCUT2D eigenvalue weighted by Crippen LogP contribution is -2.32. The second-order valence-electron chi connectivity index (χ2n) is 3.65. The van der Waals surface area contributed by atoms with Crippen molar-refractivity contribution >= 4 is 34.1 Å². The molecule has 0 radical (unpaired) electrons. The molecule has 0 unspecified atom stereocenters. The molecule has 2 rings (SSSR count). The highest BCUT2D eigenvalue weighted by Gasteiger charge is 2.10. The molecule has 3 N–H and O–H groups in total. The lowest BCUT2D eigenvalue weighted by molar-refractivity contribution is 0.175. The summed E-state index contributed by atoms with van der Waals surface area (Å²) in [7, 11) is 0. The van der Waals surface area contributed by atoms with E-state index in [4.69, 9.17) is 11.6 Å². The highest BCUT2D eigenvalue weighted by atomic mass is 35.5. The normalized spacial score (nSPS) is 11.9. The molecular formula is C11H11ClN4O2S. The predicted molar refractivity (Wildman–Crippen MR) is 73.3 cm³/mol. The second-order valence-corrected chi connectivity index (χ2v) is 4.92. The van der Waals surface area contributed by atoms with E-state index in [0.717, 1.165) is 0 Å². The number of hydrogen-bond donors (Lipinski definition) is 3. The number of aliphatic hydroxyl groups excluding tert-OH is 1. The van der Waals surface area contributed by atoms with Crippen molar-refractivity contribution in [3.8, 4) is 0 Å². The topological polar surface area (TPSA) is 87.1 Å². The molecule has 0 fully saturated rings. The van der Waals surface area contributed by atoms with Crippen LogP contribution in [0.2, 0.25) is 5.02 Å². The summed E-state index contributed by atoms with van der Waals surface area (Å²) in [6.45, 7) is 0.0744. The van der Waals surface area contributed by atoms with Crippen LogP contribution in [0.15, 0.2) is 29.8 Å². The van der Waals surface area contributed by atoms with Crippen LogP contribution >= 0.6 is 22.9 Å². The van der Waals surface area contributed by atoms with Gasteiger partial charge in [0.15, 0.2) is 0 Å². The number of anilines is 1. The number of halogens is 1. The predicted octanol–water partition coefficient (Wildman–Crippen LogP) is 2.05. The van der Waals surface area contributed by atoms with Crippen LogP contribution < -0.4 is 10.6 Å². The Bertz CT molecular complexity index is 549. The third-order valence-electron chi connectivity index (χ3n) is 2.27. The average Bonchev–Trinajstić information content (AvgIpc) is 2.88. The quantitative estimate of drug-likeness (QED) is 0.806. The van der Waals surface area contributed by atoms with Crippen molar-refractivity contribution in [3.05, 3.63) is 40.4 Å². The van der Waals surface area contributed by atoms with E-state index in [9.17, 15) is 9.90 Å². The van der Waals surface area contributed by atoms with Crippen LogP contribution in [-0.2, 0) is 0 Å². The molecule has 1 heterocycles. The molecule has 0 saturated carbocycles. The summed E-state index contributed by atoms with van der Waals surface area (Å²) < 4.78 is 0. The maximum Gasteiger partial charge on any atom is 0.321 e. The van der Waals surface area contributed by atoms with Crippen LogP contribution in [0.1, 0.15) is 11.7 Å². The minimum Gasteiger partial charge on any atom is -0.387 e. The number of urea groups is 1. The fourth-order valence-corrected chi connectivity index (χ4v) is 2.03. The Morgan fingerprint density at radius 1 is 1.53 bits per heavy atom. The lowest BCUT2D eigenvalue weighted by atomic mass is 10.1. The van der Waals surface area contributed by atoms with Crippen molar-refractivity contribution in [2.24, 2.45) is 0 Å². The van der Waals surface area contributed by atoms with E-state index >= 15 is 0 Å². The molecule has 1 atom stereocenters. The van der Waals surface area contributed by atoms with E-state index in [-0.39, 0.29) is 6.54 Å². The molecule has 0 spiro atoms. The van der Waals surface area contributed by atoms with E-state index in [1.165, 1.54) is 16.8 Å². The number of aliphatic hydroxyl groups is 1. The average molecular weight is 299 g/mol. The number of hydrogen-bond acceptors (Lipinski definition) is 5. The van der Waals surface area contributed by atoms with Crippen LogP contribution in [-0.4, -0.2) is 27.9 Å². The highest BCUT2D eigenvalue weighted by Crippen LogP contribution is 2.17. The van der Waals surface area contributed by atoms with Crippen LogP contribution in [0.4, 0.5) is 9.93 Å². The Morgan fingerprint density at radius 3 is 3.05 bits per heavy atom. The molecule has 1 aromatic carbocycles. The minimum absolute atomic E-state index is 0.0744. The molecule has 1 aromatic heterocycles. The molecule has 19 heavy (non-hydrogen) atoms. The second kappa shape index (κ2) is 6.46. The van der Waals surface area contributed by atoms with Crippen LogP contribution in [0, 0.1) is 0 Å². The standard InChI is InChI=1S/C11H11ClN4O2S/c12-8-3-1-2-7(4-8)9(17)5-13-10(18)15-11-16-14-6-19-11/h1-4,6,9,17H,5H2,(H2,13,15,16,18)/t9-/m1/s1. The molecule has 0 saturated heterocycles. The van der Waals surface area contributed by atoms with Crippen LogP contribution in [0.5, 0.6) is 0 Å². The maximum absolute atomic E-state index is 11.5. The summed E-state index contributed by atoms with van der Waals surface area (Å²) in [6.07, 6.45) is -0.820. The van der Waals surface area contributed by atoms with E-state index < -0.39 is 12.1 Å². The Morgan fingerprint density at radius 2 is 2.37 bits per heavy atom. The summed E-state index contributed by atoms with van der Waals surface area (Å²) in [5.74, 6) is 0. The van der Waals surface area contributed by atoms with Gasteiger partial charge in [0.2, 0.25) is 5.13 Å². The number of carbonyl (C=O) groups is 1. The summed E-state index contributed by atoms with van der Waals surface area (Å²) in [6, 6.07) is 6.39. The van der Waals surface area contributed by atoms with Crippen molar-refractivity contribution in [2.75, 3.05) is 11.9 Å². The Kier molecular flexibility index (Phi) is 4.67. The third kappa shape index (κ3) is 4.16. The molecule has 6 nitrogen and oxygen atoms in total. The zero-order chi connectivity index (χ0) is 13.7. The van der Waals surface area contributed by atoms with Crippen molar-refractivity contribution in [2.45, 2.75) is 6.10 Å². The van der Waals surface area contributed by atoms with Crippen molar-refractivity contribution < 1.29 is 9.90 Å². The molecule has 0 bridgehead atoms. The summed E-state index contributed by atoms with van der Waals surface area (Å²) in [5, 5.41) is 23.1. The van der Waals surface area contributed by atoms with Gasteiger partial charge >= 0.3 is 6.03 Å². The first-order valence-corrected chi connectivity index (χ1v) is 6.65. The highest BCUT2D eigenvalue weighted by molar-refractivity contribution is 7.13. The molecule has 8 heteroatoms. The molecule has 2 aromatic rings. The first-order chi connectivity index (χ1) is 9.15. The fourth-order valence-electron chi connectivity index (χ4n) is 1.39. The summed E-state index contributed by atoms with van der Waals surface area (Å²) >= 11 is 7.03. The minimum atomic E-state index is -0.820. The lowest BCUT2D eigenvalue weighted by Gasteiger charge is -2.12. The van der Waals surface area contributed by atoms with Crippen molar-refractivity contribution in [3.63, 3.8) is 0 Å².